The Morgan fingerprint density at radius 3 is 2.31 bits per heavy atom. The maximum Gasteiger partial charge on any atom is -1.00 e. The second-order valence-corrected chi connectivity index (χ2v) is 4.91. The van der Waals surface area contributed by atoms with Crippen LogP contribution in [0.3, 0.4) is 0 Å². The van der Waals surface area contributed by atoms with Crippen molar-refractivity contribution >= 4 is 19.6 Å². The van der Waals surface area contributed by atoms with Crippen LogP contribution in [-0.2, 0) is 0 Å². The molecular weight excluding hydrogens is 178 g/mol. The van der Waals surface area contributed by atoms with Crippen molar-refractivity contribution in [2.45, 2.75) is 32.0 Å². The van der Waals surface area contributed by atoms with Crippen molar-refractivity contribution < 1.29 is 4.70 Å². The summed E-state index contributed by atoms with van der Waals surface area (Å²) in [4.78, 5) is 0. The molecule has 0 heterocycles. The zero-order valence-corrected chi connectivity index (χ0v) is 9.54. The molecule has 0 spiro atoms. The van der Waals surface area contributed by atoms with Crippen LogP contribution in [0.2, 0.25) is 5.28 Å². The smallest absolute Gasteiger partial charge is 1.00 e. The third kappa shape index (κ3) is 5.08. The van der Waals surface area contributed by atoms with E-state index >= 15 is 0 Å². The van der Waals surface area contributed by atoms with Crippen LogP contribution in [0.1, 0.15) is 25.3 Å². The van der Waals surface area contributed by atoms with E-state index in [1.807, 2.05) is 0 Å². The van der Waals surface area contributed by atoms with Crippen molar-refractivity contribution in [3.8, 4) is 0 Å². The number of rotatable bonds is 4. The van der Waals surface area contributed by atoms with Gasteiger partial charge in [0.15, 0.2) is 0 Å². The van der Waals surface area contributed by atoms with Crippen LogP contribution in [0.5, 0.6) is 0 Å². The Labute approximate surface area is 86.4 Å². The van der Waals surface area contributed by atoms with Gasteiger partial charge in [0.1, 0.15) is 0 Å². The Morgan fingerprint density at radius 1 is 1.15 bits per heavy atom. The second kappa shape index (κ2) is 7.12. The molecule has 2 heteroatoms. The monoisotopic (exact) mass is 194 g/mol. The van der Waals surface area contributed by atoms with E-state index in [1.54, 1.807) is 4.43 Å². The van der Waals surface area contributed by atoms with E-state index in [-0.39, 0.29) is 4.70 Å². The molecule has 1 aromatic carbocycles. The van der Waals surface area contributed by atoms with Crippen LogP contribution in [0, 0.1) is 6.92 Å². The summed E-state index contributed by atoms with van der Waals surface area (Å²) >= 11 is 0.535. The van der Waals surface area contributed by atoms with Crippen LogP contribution >= 0.6 is 0 Å². The minimum absolute atomic E-state index is 0. The normalized spacial score (nSPS) is 8.77. The SMILES string of the molecule is CCC[CH2][Al+][c]1ccc(C)cc1.[F-]. The topological polar surface area (TPSA) is 0 Å². The summed E-state index contributed by atoms with van der Waals surface area (Å²) in [5, 5.41) is 1.42. The zero-order chi connectivity index (χ0) is 8.81. The molecule has 0 saturated carbocycles. The van der Waals surface area contributed by atoms with Gasteiger partial charge in [0.2, 0.25) is 0 Å². The van der Waals surface area contributed by atoms with Crippen LogP contribution in [0.4, 0.5) is 0 Å². The molecule has 0 unspecified atom stereocenters. The summed E-state index contributed by atoms with van der Waals surface area (Å²) in [5.41, 5.74) is 1.37. The standard InChI is InChI=1S/C7H7.C4H9.Al.FH/c1-7-5-3-2-4-6-7;1-3-4-2;;/h3-6H,1H3;1,3-4H2,2H3;;1H/q;;+1;/p-1. The van der Waals surface area contributed by atoms with Gasteiger partial charge in [0.05, 0.1) is 0 Å². The maximum atomic E-state index is 2.28. The van der Waals surface area contributed by atoms with Crippen LogP contribution in [0.15, 0.2) is 24.3 Å². The minimum Gasteiger partial charge on any atom is -1.00 e. The third-order valence-corrected chi connectivity index (χ3v) is 3.57. The maximum absolute atomic E-state index is 2.28. The molecule has 0 saturated heterocycles. The summed E-state index contributed by atoms with van der Waals surface area (Å²) in [5.74, 6) is 0. The Balaban J connectivity index is 0.00000144. The van der Waals surface area contributed by atoms with Crippen molar-refractivity contribution in [3.63, 3.8) is 0 Å². The molecule has 0 nitrogen and oxygen atoms in total. The molecular formula is C11H16AlF. The van der Waals surface area contributed by atoms with E-state index in [1.165, 1.54) is 23.7 Å². The first-order valence-corrected chi connectivity index (χ1v) is 6.12. The fraction of sp³-hybridized carbons (Fsp3) is 0.455. The fourth-order valence-electron chi connectivity index (χ4n) is 1.18. The predicted molar refractivity (Wildman–Crippen MR) is 56.3 cm³/mol. The van der Waals surface area contributed by atoms with Crippen LogP contribution < -0.4 is 9.13 Å². The van der Waals surface area contributed by atoms with Gasteiger partial charge in [-0.1, -0.05) is 0 Å². The van der Waals surface area contributed by atoms with E-state index in [0.717, 1.165) is 0 Å². The third-order valence-electron chi connectivity index (χ3n) is 2.02. The molecule has 13 heavy (non-hydrogen) atoms. The molecule has 0 radical (unpaired) electrons. The van der Waals surface area contributed by atoms with Gasteiger partial charge in [-0.15, -0.1) is 0 Å². The molecule has 0 N–H and O–H groups in total. The van der Waals surface area contributed by atoms with Gasteiger partial charge in [-0.05, 0) is 0 Å². The number of halogens is 1. The molecule has 70 valence electrons. The van der Waals surface area contributed by atoms with Crippen LogP contribution in [0.25, 0.3) is 0 Å². The van der Waals surface area contributed by atoms with Crippen molar-refractivity contribution in [3.05, 3.63) is 29.8 Å². The van der Waals surface area contributed by atoms with Crippen molar-refractivity contribution in [1.82, 2.24) is 0 Å². The van der Waals surface area contributed by atoms with Gasteiger partial charge < -0.3 is 4.70 Å². The molecule has 1 aromatic rings. The van der Waals surface area contributed by atoms with Gasteiger partial charge in [0, 0.05) is 0 Å². The van der Waals surface area contributed by atoms with Gasteiger partial charge in [-0.2, -0.15) is 0 Å². The molecule has 0 atom stereocenters. The first-order chi connectivity index (χ1) is 5.83. The summed E-state index contributed by atoms with van der Waals surface area (Å²) in [6, 6.07) is 8.99. The van der Waals surface area contributed by atoms with Crippen molar-refractivity contribution in [2.24, 2.45) is 0 Å². The first kappa shape index (κ1) is 12.7. The molecule has 0 aliphatic heterocycles. The average Bonchev–Trinajstić information content (AvgIpc) is 2.09. The minimum atomic E-state index is 0. The molecule has 0 bridgehead atoms. The molecule has 1 rings (SSSR count). The second-order valence-electron chi connectivity index (χ2n) is 3.26. The van der Waals surface area contributed by atoms with E-state index in [4.69, 9.17) is 0 Å². The number of hydrogen-bond donors (Lipinski definition) is 0. The van der Waals surface area contributed by atoms with Gasteiger partial charge in [0.25, 0.3) is 0 Å². The van der Waals surface area contributed by atoms with Gasteiger partial charge >= 0.3 is 81.4 Å². The van der Waals surface area contributed by atoms with Gasteiger partial charge in [-0.3, -0.25) is 0 Å². The Morgan fingerprint density at radius 2 is 1.77 bits per heavy atom. The molecule has 0 fully saturated rings. The summed E-state index contributed by atoms with van der Waals surface area (Å²) in [7, 11) is 0. The summed E-state index contributed by atoms with van der Waals surface area (Å²) < 4.78 is 1.56. The van der Waals surface area contributed by atoms with Gasteiger partial charge in [-0.25, -0.2) is 0 Å². The van der Waals surface area contributed by atoms with E-state index in [2.05, 4.69) is 38.1 Å². The van der Waals surface area contributed by atoms with Crippen LogP contribution in [-0.4, -0.2) is 15.2 Å². The Hall–Kier alpha value is -0.318. The molecule has 0 aromatic heterocycles. The summed E-state index contributed by atoms with van der Waals surface area (Å²) in [6.07, 6.45) is 2.72. The van der Waals surface area contributed by atoms with E-state index in [0.29, 0.717) is 15.2 Å². The van der Waals surface area contributed by atoms with Crippen molar-refractivity contribution in [1.29, 1.82) is 0 Å². The zero-order valence-electron chi connectivity index (χ0n) is 8.39. The number of aryl methyl sites for hydroxylation is 1. The quantitative estimate of drug-likeness (QED) is 0.450. The molecule has 0 aliphatic carbocycles. The Kier molecular flexibility index (Phi) is 6.95. The summed E-state index contributed by atoms with van der Waals surface area (Å²) in [6.45, 7) is 4.40. The molecule has 0 amide bonds. The Bertz CT molecular complexity index is 218. The largest absolute Gasteiger partial charge is 1.00 e. The average molecular weight is 194 g/mol. The molecule has 0 aliphatic rings. The van der Waals surface area contributed by atoms with E-state index < -0.39 is 0 Å². The predicted octanol–water partition coefficient (Wildman–Crippen LogP) is -0.453. The number of benzene rings is 1. The fourth-order valence-corrected chi connectivity index (χ4v) is 2.59. The number of unbranched alkanes of at least 4 members (excludes halogenated alkanes) is 1. The van der Waals surface area contributed by atoms with Crippen molar-refractivity contribution in [2.75, 3.05) is 0 Å². The van der Waals surface area contributed by atoms with E-state index in [9.17, 15) is 0 Å². The first-order valence-electron chi connectivity index (χ1n) is 4.73. The number of hydrogen-bond acceptors (Lipinski definition) is 0.